The summed E-state index contributed by atoms with van der Waals surface area (Å²) >= 11 is 0. The molecule has 6 heteroatoms. The molecule has 0 saturated heterocycles. The Morgan fingerprint density at radius 2 is 0.677 bits per heavy atom. The van der Waals surface area contributed by atoms with Gasteiger partial charge in [0.2, 0.25) is 0 Å². The van der Waals surface area contributed by atoms with Crippen molar-refractivity contribution in [2.45, 2.75) is 38.9 Å². The van der Waals surface area contributed by atoms with Gasteiger partial charge in [-0.3, -0.25) is 0 Å². The fourth-order valence-electron chi connectivity index (χ4n) is 9.12. The zero-order valence-electron chi connectivity index (χ0n) is 34.9. The minimum Gasteiger partial charge on any atom is -0.456 e. The van der Waals surface area contributed by atoms with Crippen molar-refractivity contribution in [1.29, 1.82) is 0 Å². The first-order valence-corrected chi connectivity index (χ1v) is 21.0. The van der Waals surface area contributed by atoms with Crippen molar-refractivity contribution in [2.75, 3.05) is 9.80 Å². The standard InChI is InChI=1S/C56H44N2O4/c1-55(2,59)47-27-35-15-11-13-17-37(35)29-49(47)57(39-19-7-5-8-20-39)41-23-25-43-45-33-54-46(34-53(45)61-51(43)31-41)44-26-24-42(32-52(44)62-54)58(40-21-9-6-10-22-40)50-30-38-18-14-12-16-36(38)28-48(50)56(3,4)60/h5-34,59-60H,1-4H3. The molecule has 2 aromatic heterocycles. The number of para-hydroxylation sites is 2. The van der Waals surface area contributed by atoms with E-state index in [0.717, 1.165) is 111 Å². The highest BCUT2D eigenvalue weighted by Gasteiger charge is 2.28. The normalized spacial score (nSPS) is 12.4. The molecule has 0 unspecified atom stereocenters. The lowest BCUT2D eigenvalue weighted by atomic mass is 9.92. The third-order valence-corrected chi connectivity index (χ3v) is 12.1. The van der Waals surface area contributed by atoms with E-state index in [2.05, 4.69) is 131 Å². The average molecular weight is 809 g/mol. The Kier molecular flexibility index (Phi) is 8.55. The van der Waals surface area contributed by atoms with Gasteiger partial charge in [-0.25, -0.2) is 0 Å². The van der Waals surface area contributed by atoms with E-state index in [1.807, 2.05) is 88.4 Å². The molecule has 9 aromatic carbocycles. The maximum atomic E-state index is 11.5. The lowest BCUT2D eigenvalue weighted by Gasteiger charge is -2.31. The Bertz CT molecular complexity index is 3270. The Morgan fingerprint density at radius 1 is 0.339 bits per heavy atom. The number of anilines is 6. The van der Waals surface area contributed by atoms with Crippen molar-refractivity contribution in [3.8, 4) is 0 Å². The molecule has 6 nitrogen and oxygen atoms in total. The summed E-state index contributed by atoms with van der Waals surface area (Å²) in [6.07, 6.45) is 0. The molecule has 0 fully saturated rings. The van der Waals surface area contributed by atoms with Crippen LogP contribution in [0.2, 0.25) is 0 Å². The van der Waals surface area contributed by atoms with Gasteiger partial charge in [0.25, 0.3) is 0 Å². The summed E-state index contributed by atoms with van der Waals surface area (Å²) < 4.78 is 13.4. The summed E-state index contributed by atoms with van der Waals surface area (Å²) in [5, 5.41) is 31.3. The van der Waals surface area contributed by atoms with E-state index in [9.17, 15) is 10.2 Å². The highest BCUT2D eigenvalue weighted by Crippen LogP contribution is 2.47. The van der Waals surface area contributed by atoms with Crippen molar-refractivity contribution in [1.82, 2.24) is 0 Å². The molecule has 0 aliphatic carbocycles. The van der Waals surface area contributed by atoms with Crippen LogP contribution in [0.15, 0.2) is 191 Å². The molecule has 0 saturated carbocycles. The number of nitrogens with zero attached hydrogens (tertiary/aromatic N) is 2. The van der Waals surface area contributed by atoms with Crippen molar-refractivity contribution < 1.29 is 19.0 Å². The van der Waals surface area contributed by atoms with Gasteiger partial charge in [-0.1, -0.05) is 84.9 Å². The molecule has 11 rings (SSSR count). The quantitative estimate of drug-likeness (QED) is 0.159. The van der Waals surface area contributed by atoms with Gasteiger partial charge >= 0.3 is 0 Å². The first kappa shape index (κ1) is 37.6. The summed E-state index contributed by atoms with van der Waals surface area (Å²) in [4.78, 5) is 4.40. The van der Waals surface area contributed by atoms with E-state index in [1.54, 1.807) is 0 Å². The number of fused-ring (bicyclic) bond motifs is 8. The molecule has 0 amide bonds. The zero-order valence-corrected chi connectivity index (χ0v) is 34.9. The predicted octanol–water partition coefficient (Wildman–Crippen LogP) is 15.2. The van der Waals surface area contributed by atoms with E-state index in [0.29, 0.717) is 0 Å². The summed E-state index contributed by atoms with van der Waals surface area (Å²) in [6, 6.07) is 62.4. The zero-order chi connectivity index (χ0) is 42.3. The molecule has 0 spiro atoms. The molecule has 302 valence electrons. The van der Waals surface area contributed by atoms with Gasteiger partial charge in [0.1, 0.15) is 22.3 Å². The van der Waals surface area contributed by atoms with Crippen LogP contribution in [0.3, 0.4) is 0 Å². The third-order valence-electron chi connectivity index (χ3n) is 12.1. The molecule has 0 radical (unpaired) electrons. The van der Waals surface area contributed by atoms with E-state index in [-0.39, 0.29) is 0 Å². The maximum absolute atomic E-state index is 11.5. The Hall–Kier alpha value is -7.38. The summed E-state index contributed by atoms with van der Waals surface area (Å²) in [5.74, 6) is 0. The Morgan fingerprint density at radius 3 is 1.05 bits per heavy atom. The summed E-state index contributed by atoms with van der Waals surface area (Å²) in [7, 11) is 0. The summed E-state index contributed by atoms with van der Waals surface area (Å²) in [5.41, 5.74) is 8.00. The molecule has 2 N–H and O–H groups in total. The molecule has 2 heterocycles. The second-order valence-electron chi connectivity index (χ2n) is 17.3. The van der Waals surface area contributed by atoms with Crippen LogP contribution in [0, 0.1) is 0 Å². The van der Waals surface area contributed by atoms with Gasteiger partial charge in [-0.05, 0) is 134 Å². The Labute approximate surface area is 359 Å². The number of furan rings is 2. The average Bonchev–Trinajstić information content (AvgIpc) is 3.81. The van der Waals surface area contributed by atoms with Crippen molar-refractivity contribution >= 4 is 99.5 Å². The number of benzene rings is 9. The van der Waals surface area contributed by atoms with Crippen molar-refractivity contribution in [3.05, 3.63) is 193 Å². The molecule has 0 bridgehead atoms. The van der Waals surface area contributed by atoms with Crippen LogP contribution < -0.4 is 9.80 Å². The van der Waals surface area contributed by atoms with Crippen LogP contribution in [-0.4, -0.2) is 10.2 Å². The van der Waals surface area contributed by atoms with Crippen LogP contribution in [0.1, 0.15) is 38.8 Å². The minimum atomic E-state index is -1.11. The summed E-state index contributed by atoms with van der Waals surface area (Å²) in [6.45, 7) is 7.35. The van der Waals surface area contributed by atoms with Crippen molar-refractivity contribution in [3.63, 3.8) is 0 Å². The van der Waals surface area contributed by atoms with Crippen LogP contribution in [0.5, 0.6) is 0 Å². The van der Waals surface area contributed by atoms with Gasteiger partial charge < -0.3 is 28.8 Å². The molecule has 0 aliphatic rings. The van der Waals surface area contributed by atoms with Crippen LogP contribution in [0.25, 0.3) is 65.4 Å². The number of rotatable bonds is 8. The fourth-order valence-corrected chi connectivity index (χ4v) is 9.12. The molecule has 11 aromatic rings. The predicted molar refractivity (Wildman–Crippen MR) is 256 cm³/mol. The van der Waals surface area contributed by atoms with Gasteiger partial charge in [-0.15, -0.1) is 0 Å². The first-order valence-electron chi connectivity index (χ1n) is 21.0. The lowest BCUT2D eigenvalue weighted by molar-refractivity contribution is 0.0787. The molecular formula is C56H44N2O4. The Balaban J connectivity index is 1.04. The minimum absolute atomic E-state index is 0.750. The highest BCUT2D eigenvalue weighted by molar-refractivity contribution is 6.15. The number of hydrogen-bond acceptors (Lipinski definition) is 6. The van der Waals surface area contributed by atoms with E-state index < -0.39 is 11.2 Å². The largest absolute Gasteiger partial charge is 0.456 e. The van der Waals surface area contributed by atoms with Crippen LogP contribution in [0.4, 0.5) is 34.1 Å². The highest BCUT2D eigenvalue weighted by atomic mass is 16.3. The topological polar surface area (TPSA) is 73.2 Å². The van der Waals surface area contributed by atoms with E-state index in [4.69, 9.17) is 8.83 Å². The number of aliphatic hydroxyl groups is 2. The second-order valence-corrected chi connectivity index (χ2v) is 17.3. The monoisotopic (exact) mass is 808 g/mol. The first-order chi connectivity index (χ1) is 30.0. The lowest BCUT2D eigenvalue weighted by Crippen LogP contribution is -2.21. The van der Waals surface area contributed by atoms with Gasteiger partial charge in [0.05, 0.1) is 22.6 Å². The molecule has 0 atom stereocenters. The van der Waals surface area contributed by atoms with Gasteiger partial charge in [0.15, 0.2) is 0 Å². The van der Waals surface area contributed by atoms with Gasteiger partial charge in [0, 0.05) is 67.6 Å². The SMILES string of the molecule is CC(C)(O)c1cc2ccccc2cc1N(c1ccccc1)c1ccc2c(c1)oc1cc3c(cc12)oc1cc(N(c2ccccc2)c2cc4ccccc4cc2C(C)(C)O)ccc13. The van der Waals surface area contributed by atoms with E-state index >= 15 is 0 Å². The van der Waals surface area contributed by atoms with E-state index in [1.165, 1.54) is 0 Å². The molecule has 0 aliphatic heterocycles. The molecule has 62 heavy (non-hydrogen) atoms. The van der Waals surface area contributed by atoms with Crippen molar-refractivity contribution in [2.24, 2.45) is 0 Å². The smallest absolute Gasteiger partial charge is 0.137 e. The number of hydrogen-bond donors (Lipinski definition) is 2. The van der Waals surface area contributed by atoms with Crippen LogP contribution >= 0.6 is 0 Å². The fraction of sp³-hybridized carbons (Fsp3) is 0.107. The van der Waals surface area contributed by atoms with Crippen LogP contribution in [-0.2, 0) is 11.2 Å². The maximum Gasteiger partial charge on any atom is 0.137 e. The van der Waals surface area contributed by atoms with Gasteiger partial charge in [-0.2, -0.15) is 0 Å². The third kappa shape index (κ3) is 6.35. The second kappa shape index (κ2) is 14.1. The molecular weight excluding hydrogens is 765 g/mol.